The molecule has 0 saturated heterocycles. The van der Waals surface area contributed by atoms with Crippen LogP contribution in [0.5, 0.6) is 0 Å². The zero-order chi connectivity index (χ0) is 14.8. The average molecular weight is 291 g/mol. The van der Waals surface area contributed by atoms with Gasteiger partial charge in [0.05, 0.1) is 18.3 Å². The molecule has 0 aromatic carbocycles. The van der Waals surface area contributed by atoms with Crippen molar-refractivity contribution in [1.82, 2.24) is 30.5 Å². The van der Waals surface area contributed by atoms with Gasteiger partial charge in [-0.3, -0.25) is 5.32 Å². The third-order valence-electron chi connectivity index (χ3n) is 3.11. The quantitative estimate of drug-likeness (QED) is 0.888. The van der Waals surface area contributed by atoms with Crippen LogP contribution in [0.3, 0.4) is 0 Å². The second-order valence-corrected chi connectivity index (χ2v) is 4.89. The largest absolute Gasteiger partial charge is 0.328 e. The van der Waals surface area contributed by atoms with Gasteiger partial charge in [-0.05, 0) is 42.3 Å². The summed E-state index contributed by atoms with van der Waals surface area (Å²) in [6.45, 7) is 1.79. The summed E-state index contributed by atoms with van der Waals surface area (Å²) in [5.74, 6) is 0.417. The number of amides is 2. The smallest absolute Gasteiger partial charge is 0.320 e. The molecule has 1 atom stereocenters. The fourth-order valence-electron chi connectivity index (χ4n) is 1.93. The fraction of sp³-hybridized carbons (Fsp3) is 0.417. The summed E-state index contributed by atoms with van der Waals surface area (Å²) in [7, 11) is 0. The van der Waals surface area contributed by atoms with E-state index in [1.165, 1.54) is 12.1 Å². The number of carbonyl (C=O) groups is 1. The third-order valence-corrected chi connectivity index (χ3v) is 3.11. The highest BCUT2D eigenvalue weighted by Gasteiger charge is 2.29. The highest BCUT2D eigenvalue weighted by molar-refractivity contribution is 5.88. The number of halogens is 1. The predicted octanol–water partition coefficient (Wildman–Crippen LogP) is 1.42. The van der Waals surface area contributed by atoms with Gasteiger partial charge in [0.2, 0.25) is 0 Å². The van der Waals surface area contributed by atoms with E-state index >= 15 is 0 Å². The van der Waals surface area contributed by atoms with Gasteiger partial charge >= 0.3 is 6.03 Å². The first-order chi connectivity index (χ1) is 10.1. The van der Waals surface area contributed by atoms with Gasteiger partial charge in [-0.2, -0.15) is 0 Å². The van der Waals surface area contributed by atoms with Crippen LogP contribution < -0.4 is 10.6 Å². The molecular weight excluding hydrogens is 277 g/mol. The Labute approximate surface area is 119 Å². The number of tetrazole rings is 1. The van der Waals surface area contributed by atoms with Crippen molar-refractivity contribution in [3.05, 3.63) is 30.0 Å². The molecule has 9 heteroatoms. The number of anilines is 1. The molecule has 1 aliphatic rings. The molecule has 0 aliphatic heterocycles. The van der Waals surface area contributed by atoms with Crippen LogP contribution in [0.15, 0.2) is 18.3 Å². The molecule has 2 aromatic heterocycles. The minimum atomic E-state index is -0.460. The minimum absolute atomic E-state index is 0.267. The molecule has 1 aliphatic carbocycles. The van der Waals surface area contributed by atoms with Gasteiger partial charge in [0, 0.05) is 0 Å². The Morgan fingerprint density at radius 2 is 2.29 bits per heavy atom. The molecular formula is C12H14FN7O. The highest BCUT2D eigenvalue weighted by atomic mass is 19.1. The van der Waals surface area contributed by atoms with Gasteiger partial charge in [-0.1, -0.05) is 0 Å². The van der Waals surface area contributed by atoms with Crippen molar-refractivity contribution in [3.8, 4) is 0 Å². The Hall–Kier alpha value is -2.58. The first-order valence-corrected chi connectivity index (χ1v) is 6.60. The molecule has 0 radical (unpaired) electrons. The van der Waals surface area contributed by atoms with E-state index in [1.807, 2.05) is 0 Å². The number of hydrogen-bond acceptors (Lipinski definition) is 5. The topological polar surface area (TPSA) is 97.6 Å². The van der Waals surface area contributed by atoms with Crippen LogP contribution in [-0.2, 0) is 0 Å². The van der Waals surface area contributed by atoms with E-state index in [1.54, 1.807) is 11.6 Å². The standard InChI is InChI=1S/C12H14FN7O/c1-7(11-17-18-19-20(11)9-3-4-9)15-12(21)16-10-5-2-8(13)6-14-10/h2,5-7,9H,3-4H2,1H3,(H2,14,15,16,21)/t7-/m1/s1. The fourth-order valence-corrected chi connectivity index (χ4v) is 1.93. The number of aromatic nitrogens is 5. The Bertz CT molecular complexity index is 637. The minimum Gasteiger partial charge on any atom is -0.328 e. The second kappa shape index (κ2) is 5.43. The second-order valence-electron chi connectivity index (χ2n) is 4.89. The molecule has 3 rings (SSSR count). The summed E-state index contributed by atoms with van der Waals surface area (Å²) in [5, 5.41) is 16.8. The summed E-state index contributed by atoms with van der Waals surface area (Å²) >= 11 is 0. The van der Waals surface area contributed by atoms with Crippen LogP contribution >= 0.6 is 0 Å². The Balaban J connectivity index is 1.61. The number of pyridine rings is 1. The number of nitrogens with one attached hydrogen (secondary N) is 2. The lowest BCUT2D eigenvalue weighted by molar-refractivity contribution is 0.248. The van der Waals surface area contributed by atoms with Crippen molar-refractivity contribution in [2.75, 3.05) is 5.32 Å². The Kier molecular flexibility index (Phi) is 3.46. The van der Waals surface area contributed by atoms with E-state index in [0.29, 0.717) is 11.9 Å². The maximum atomic E-state index is 12.7. The molecule has 0 spiro atoms. The number of rotatable bonds is 4. The van der Waals surface area contributed by atoms with Crippen molar-refractivity contribution in [1.29, 1.82) is 0 Å². The monoisotopic (exact) mass is 291 g/mol. The predicted molar refractivity (Wildman–Crippen MR) is 70.9 cm³/mol. The maximum Gasteiger partial charge on any atom is 0.320 e. The zero-order valence-electron chi connectivity index (χ0n) is 11.3. The molecule has 1 fully saturated rings. The molecule has 21 heavy (non-hydrogen) atoms. The van der Waals surface area contributed by atoms with E-state index in [9.17, 15) is 9.18 Å². The van der Waals surface area contributed by atoms with Crippen molar-refractivity contribution in [3.63, 3.8) is 0 Å². The van der Waals surface area contributed by atoms with Gasteiger partial charge in [-0.15, -0.1) is 5.10 Å². The molecule has 0 bridgehead atoms. The molecule has 110 valence electrons. The van der Waals surface area contributed by atoms with Gasteiger partial charge in [0.25, 0.3) is 0 Å². The third kappa shape index (κ3) is 3.12. The lowest BCUT2D eigenvalue weighted by Gasteiger charge is -2.13. The van der Waals surface area contributed by atoms with Crippen LogP contribution in [0, 0.1) is 5.82 Å². The molecule has 2 heterocycles. The summed E-state index contributed by atoms with van der Waals surface area (Å²) in [6, 6.07) is 2.14. The van der Waals surface area contributed by atoms with Gasteiger partial charge in [0.1, 0.15) is 11.6 Å². The molecule has 2 N–H and O–H groups in total. The van der Waals surface area contributed by atoms with E-state index in [2.05, 4.69) is 31.1 Å². The Morgan fingerprint density at radius 1 is 1.48 bits per heavy atom. The normalized spacial score (nSPS) is 15.5. The highest BCUT2D eigenvalue weighted by Crippen LogP contribution is 2.35. The molecule has 0 unspecified atom stereocenters. The van der Waals surface area contributed by atoms with E-state index in [0.717, 1.165) is 19.0 Å². The van der Waals surface area contributed by atoms with E-state index in [-0.39, 0.29) is 11.9 Å². The SMILES string of the molecule is C[C@@H](NC(=O)Nc1ccc(F)cn1)c1nnnn1C1CC1. The zero-order valence-corrected chi connectivity index (χ0v) is 11.3. The number of hydrogen-bond donors (Lipinski definition) is 2. The van der Waals surface area contributed by atoms with E-state index in [4.69, 9.17) is 0 Å². The van der Waals surface area contributed by atoms with Crippen LogP contribution in [0.1, 0.15) is 37.7 Å². The number of carbonyl (C=O) groups excluding carboxylic acids is 1. The van der Waals surface area contributed by atoms with E-state index < -0.39 is 11.8 Å². The maximum absolute atomic E-state index is 12.7. The average Bonchev–Trinajstić information content (AvgIpc) is 3.18. The Morgan fingerprint density at radius 3 is 2.95 bits per heavy atom. The van der Waals surface area contributed by atoms with Crippen molar-refractivity contribution in [2.45, 2.75) is 31.8 Å². The van der Waals surface area contributed by atoms with Gasteiger partial charge < -0.3 is 5.32 Å². The molecule has 8 nitrogen and oxygen atoms in total. The number of nitrogens with zero attached hydrogens (tertiary/aromatic N) is 5. The first-order valence-electron chi connectivity index (χ1n) is 6.60. The number of urea groups is 1. The van der Waals surface area contributed by atoms with Crippen LogP contribution in [0.2, 0.25) is 0 Å². The molecule has 2 aromatic rings. The van der Waals surface area contributed by atoms with Crippen LogP contribution in [0.4, 0.5) is 15.0 Å². The molecule has 2 amide bonds. The lowest BCUT2D eigenvalue weighted by Crippen LogP contribution is -2.33. The van der Waals surface area contributed by atoms with Gasteiger partial charge in [-0.25, -0.2) is 18.9 Å². The summed E-state index contributed by atoms with van der Waals surface area (Å²) in [5.41, 5.74) is 0. The molecule has 1 saturated carbocycles. The first kappa shape index (κ1) is 13.4. The van der Waals surface area contributed by atoms with Crippen molar-refractivity contribution >= 4 is 11.8 Å². The van der Waals surface area contributed by atoms with Crippen molar-refractivity contribution in [2.24, 2.45) is 0 Å². The summed E-state index contributed by atoms with van der Waals surface area (Å²) in [4.78, 5) is 15.6. The van der Waals surface area contributed by atoms with Crippen LogP contribution in [0.25, 0.3) is 0 Å². The van der Waals surface area contributed by atoms with Crippen LogP contribution in [-0.4, -0.2) is 31.2 Å². The lowest BCUT2D eigenvalue weighted by atomic mass is 10.3. The summed E-state index contributed by atoms with van der Waals surface area (Å²) < 4.78 is 14.5. The van der Waals surface area contributed by atoms with Crippen molar-refractivity contribution < 1.29 is 9.18 Å². The summed E-state index contributed by atoms with van der Waals surface area (Å²) in [6.07, 6.45) is 3.14. The van der Waals surface area contributed by atoms with Gasteiger partial charge in [0.15, 0.2) is 5.82 Å².